The minimum absolute atomic E-state index is 0.0121. The van der Waals surface area contributed by atoms with Gasteiger partial charge in [-0.3, -0.25) is 0 Å². The summed E-state index contributed by atoms with van der Waals surface area (Å²) in [6.45, 7) is 3.79. The molecular weight excluding hydrogens is 483 g/mol. The average Bonchev–Trinajstić information content (AvgIpc) is 2.90. The number of halogens is 5. The number of aryl methyl sites for hydroxylation is 2. The zero-order valence-electron chi connectivity index (χ0n) is 21.2. The Morgan fingerprint density at radius 2 is 1.65 bits per heavy atom. The van der Waals surface area contributed by atoms with Gasteiger partial charge in [0.25, 0.3) is 0 Å². The Balaban J connectivity index is 1.42. The van der Waals surface area contributed by atoms with Crippen LogP contribution in [0.3, 0.4) is 0 Å². The van der Waals surface area contributed by atoms with Gasteiger partial charge in [0.2, 0.25) is 5.82 Å². The van der Waals surface area contributed by atoms with E-state index in [1.165, 1.54) is 24.3 Å². The lowest BCUT2D eigenvalue weighted by Crippen LogP contribution is -2.08. The first-order valence-electron chi connectivity index (χ1n) is 12.8. The van der Waals surface area contributed by atoms with Gasteiger partial charge >= 0.3 is 0 Å². The average molecular weight is 515 g/mol. The maximum atomic E-state index is 15.0. The van der Waals surface area contributed by atoms with Gasteiger partial charge in [0.15, 0.2) is 23.2 Å². The molecule has 0 saturated carbocycles. The van der Waals surface area contributed by atoms with Crippen LogP contribution in [0.2, 0.25) is 0 Å². The number of unbranched alkanes of at least 4 members (excludes halogenated alkanes) is 1. The van der Waals surface area contributed by atoms with Gasteiger partial charge in [-0.2, -0.15) is 4.39 Å². The first kappa shape index (κ1) is 26.9. The predicted octanol–water partition coefficient (Wildman–Crippen LogP) is 9.35. The summed E-state index contributed by atoms with van der Waals surface area (Å²) in [5.41, 5.74) is 2.21. The lowest BCUT2D eigenvalue weighted by Gasteiger charge is -2.22. The highest BCUT2D eigenvalue weighted by atomic mass is 19.2. The molecule has 0 spiro atoms. The molecule has 1 nitrogen and oxygen atoms in total. The van der Waals surface area contributed by atoms with Crippen molar-refractivity contribution in [2.24, 2.45) is 5.92 Å². The van der Waals surface area contributed by atoms with E-state index in [0.717, 1.165) is 44.1 Å². The molecule has 3 aromatic rings. The van der Waals surface area contributed by atoms with Crippen molar-refractivity contribution >= 4 is 5.57 Å². The summed E-state index contributed by atoms with van der Waals surface area (Å²) in [6, 6.07) is 10.5. The van der Waals surface area contributed by atoms with E-state index in [1.54, 1.807) is 25.1 Å². The van der Waals surface area contributed by atoms with Gasteiger partial charge in [0.1, 0.15) is 5.82 Å². The molecule has 0 fully saturated rings. The lowest BCUT2D eigenvalue weighted by molar-refractivity contribution is 0.289. The Morgan fingerprint density at radius 3 is 2.35 bits per heavy atom. The summed E-state index contributed by atoms with van der Waals surface area (Å²) in [6.07, 6.45) is 7.17. The molecule has 1 unspecified atom stereocenters. The van der Waals surface area contributed by atoms with Crippen LogP contribution in [-0.2, 0) is 6.42 Å². The Kier molecular flexibility index (Phi) is 8.67. The highest BCUT2D eigenvalue weighted by molar-refractivity contribution is 5.72. The van der Waals surface area contributed by atoms with E-state index < -0.39 is 29.1 Å². The van der Waals surface area contributed by atoms with Gasteiger partial charge in [-0.1, -0.05) is 43.7 Å². The van der Waals surface area contributed by atoms with E-state index in [2.05, 4.69) is 6.08 Å². The maximum Gasteiger partial charge on any atom is 0.201 e. The Labute approximate surface area is 215 Å². The lowest BCUT2D eigenvalue weighted by atomic mass is 9.83. The Morgan fingerprint density at radius 1 is 0.865 bits per heavy atom. The molecule has 196 valence electrons. The normalized spacial score (nSPS) is 15.5. The number of benzene rings is 3. The van der Waals surface area contributed by atoms with Crippen molar-refractivity contribution in [2.75, 3.05) is 6.61 Å². The van der Waals surface area contributed by atoms with Crippen molar-refractivity contribution in [1.29, 1.82) is 0 Å². The van der Waals surface area contributed by atoms with Crippen molar-refractivity contribution in [1.82, 2.24) is 0 Å². The van der Waals surface area contributed by atoms with Crippen molar-refractivity contribution in [3.8, 4) is 16.9 Å². The van der Waals surface area contributed by atoms with Gasteiger partial charge in [-0.05, 0) is 91.8 Å². The predicted molar refractivity (Wildman–Crippen MR) is 137 cm³/mol. The summed E-state index contributed by atoms with van der Waals surface area (Å²) in [5, 5.41) is 0. The van der Waals surface area contributed by atoms with Gasteiger partial charge in [-0.15, -0.1) is 0 Å². The van der Waals surface area contributed by atoms with Gasteiger partial charge < -0.3 is 4.74 Å². The molecule has 3 aromatic carbocycles. The van der Waals surface area contributed by atoms with Crippen molar-refractivity contribution in [3.63, 3.8) is 0 Å². The van der Waals surface area contributed by atoms with E-state index in [4.69, 9.17) is 4.74 Å². The molecule has 0 amide bonds. The van der Waals surface area contributed by atoms with E-state index in [1.807, 2.05) is 6.92 Å². The van der Waals surface area contributed by atoms with Crippen LogP contribution in [0.5, 0.6) is 5.75 Å². The number of hydrogen-bond donors (Lipinski definition) is 0. The molecule has 0 aliphatic heterocycles. The quantitative estimate of drug-likeness (QED) is 0.204. The molecule has 6 heteroatoms. The number of hydrogen-bond acceptors (Lipinski definition) is 1. The standard InChI is InChI=1S/C31H31F5O/c1-3-4-17-37-27-16-15-25(30(35)31(27)36)24-14-13-23(18-26(24)32)21-10-6-20(7-11-21)8-12-22-9-5-19(2)28(33)29(22)34/h5,9-10,13-16,18,20H,3-4,6-8,11-12,17H2,1-2H3. The molecular formula is C31H31F5O. The van der Waals surface area contributed by atoms with Crippen LogP contribution >= 0.6 is 0 Å². The third-order valence-corrected chi connectivity index (χ3v) is 7.13. The zero-order valence-corrected chi connectivity index (χ0v) is 21.2. The summed E-state index contributed by atoms with van der Waals surface area (Å²) in [4.78, 5) is 0. The van der Waals surface area contributed by atoms with Crippen LogP contribution in [0.25, 0.3) is 16.7 Å². The van der Waals surface area contributed by atoms with E-state index in [-0.39, 0.29) is 23.5 Å². The van der Waals surface area contributed by atoms with Crippen LogP contribution in [0, 0.1) is 41.9 Å². The molecule has 0 bridgehead atoms. The van der Waals surface area contributed by atoms with E-state index in [9.17, 15) is 17.6 Å². The fourth-order valence-electron chi connectivity index (χ4n) is 4.76. The van der Waals surface area contributed by atoms with Gasteiger partial charge in [0.05, 0.1) is 6.61 Å². The molecule has 1 aliphatic carbocycles. The second-order valence-electron chi connectivity index (χ2n) is 9.71. The largest absolute Gasteiger partial charge is 0.490 e. The van der Waals surface area contributed by atoms with Gasteiger partial charge in [-0.25, -0.2) is 17.6 Å². The Bertz CT molecular complexity index is 1300. The van der Waals surface area contributed by atoms with E-state index in [0.29, 0.717) is 29.0 Å². The van der Waals surface area contributed by atoms with Crippen molar-refractivity contribution in [3.05, 3.63) is 94.3 Å². The molecule has 4 rings (SSSR count). The summed E-state index contributed by atoms with van der Waals surface area (Å²) >= 11 is 0. The van der Waals surface area contributed by atoms with Crippen LogP contribution in [0.15, 0.2) is 48.5 Å². The first-order chi connectivity index (χ1) is 17.8. The molecule has 37 heavy (non-hydrogen) atoms. The third kappa shape index (κ3) is 6.06. The SMILES string of the molecule is CCCCOc1ccc(-c2ccc(C3=CCC(CCc4ccc(C)c(F)c4F)CC3)cc2F)c(F)c1F. The zero-order chi connectivity index (χ0) is 26.5. The molecule has 0 radical (unpaired) electrons. The molecule has 1 atom stereocenters. The highest BCUT2D eigenvalue weighted by Gasteiger charge is 2.21. The minimum atomic E-state index is -1.13. The first-order valence-corrected chi connectivity index (χ1v) is 12.8. The molecule has 0 N–H and O–H groups in total. The fourth-order valence-corrected chi connectivity index (χ4v) is 4.76. The monoisotopic (exact) mass is 514 g/mol. The van der Waals surface area contributed by atoms with Crippen LogP contribution in [0.1, 0.15) is 62.1 Å². The highest BCUT2D eigenvalue weighted by Crippen LogP contribution is 2.36. The summed E-state index contributed by atoms with van der Waals surface area (Å²) in [7, 11) is 0. The fraction of sp³-hybridized carbons (Fsp3) is 0.355. The van der Waals surface area contributed by atoms with Crippen molar-refractivity contribution in [2.45, 2.75) is 58.8 Å². The van der Waals surface area contributed by atoms with Crippen LogP contribution in [0.4, 0.5) is 22.0 Å². The third-order valence-electron chi connectivity index (χ3n) is 7.13. The van der Waals surface area contributed by atoms with Crippen LogP contribution < -0.4 is 4.74 Å². The maximum absolute atomic E-state index is 15.0. The topological polar surface area (TPSA) is 9.23 Å². The van der Waals surface area contributed by atoms with Crippen LogP contribution in [-0.4, -0.2) is 6.61 Å². The summed E-state index contributed by atoms with van der Waals surface area (Å²) < 4.78 is 77.5. The smallest absolute Gasteiger partial charge is 0.201 e. The number of rotatable bonds is 9. The summed E-state index contributed by atoms with van der Waals surface area (Å²) in [5.74, 6) is -4.28. The molecule has 0 heterocycles. The van der Waals surface area contributed by atoms with Crippen molar-refractivity contribution < 1.29 is 26.7 Å². The molecule has 1 aliphatic rings. The molecule has 0 aromatic heterocycles. The minimum Gasteiger partial charge on any atom is -0.490 e. The Hall–Kier alpha value is -3.15. The second-order valence-corrected chi connectivity index (χ2v) is 9.71. The second kappa shape index (κ2) is 11.9. The number of ether oxygens (including phenoxy) is 1. The number of allylic oxidation sites excluding steroid dienone is 2. The van der Waals surface area contributed by atoms with E-state index >= 15 is 4.39 Å². The van der Waals surface area contributed by atoms with Gasteiger partial charge in [0, 0.05) is 11.1 Å². The molecule has 0 saturated heterocycles.